The second kappa shape index (κ2) is 5.38. The number of halogens is 2. The van der Waals surface area contributed by atoms with Gasteiger partial charge in [0.1, 0.15) is 17.2 Å². The summed E-state index contributed by atoms with van der Waals surface area (Å²) in [6.45, 7) is 0. The van der Waals surface area contributed by atoms with Gasteiger partial charge in [0, 0.05) is 9.86 Å². The largest absolute Gasteiger partial charge is 0.459 e. The lowest BCUT2D eigenvalue weighted by Gasteiger charge is -2.08. The van der Waals surface area contributed by atoms with E-state index in [0.29, 0.717) is 17.8 Å². The van der Waals surface area contributed by atoms with Crippen LogP contribution in [0.5, 0.6) is 0 Å². The molecule has 0 saturated carbocycles. The van der Waals surface area contributed by atoms with Crippen molar-refractivity contribution >= 4 is 26.9 Å². The Hall–Kier alpha value is -1.65. The fourth-order valence-electron chi connectivity index (χ4n) is 2.19. The molecule has 0 bridgehead atoms. The Labute approximate surface area is 124 Å². The minimum atomic E-state index is -0.272. The molecule has 1 aromatic heterocycles. The number of furan rings is 1. The third-order valence-electron chi connectivity index (χ3n) is 3.23. The third-order valence-corrected chi connectivity index (χ3v) is 3.76. The number of nitrogens with two attached hydrogens (primary N) is 1. The summed E-state index contributed by atoms with van der Waals surface area (Å²) in [5.74, 6) is 0.403. The van der Waals surface area contributed by atoms with E-state index in [4.69, 9.17) is 10.2 Å². The molecule has 0 aliphatic carbocycles. The Kier molecular flexibility index (Phi) is 3.59. The van der Waals surface area contributed by atoms with Crippen LogP contribution < -0.4 is 5.73 Å². The molecule has 1 unspecified atom stereocenters. The minimum Gasteiger partial charge on any atom is -0.459 e. The summed E-state index contributed by atoms with van der Waals surface area (Å²) >= 11 is 3.40. The molecule has 1 heterocycles. The zero-order chi connectivity index (χ0) is 14.1. The highest BCUT2D eigenvalue weighted by molar-refractivity contribution is 9.10. The van der Waals surface area contributed by atoms with Crippen molar-refractivity contribution in [1.82, 2.24) is 0 Å². The van der Waals surface area contributed by atoms with Crippen molar-refractivity contribution in [2.45, 2.75) is 12.5 Å². The molecule has 3 rings (SSSR count). The monoisotopic (exact) mass is 333 g/mol. The van der Waals surface area contributed by atoms with E-state index in [0.717, 1.165) is 15.4 Å². The van der Waals surface area contributed by atoms with E-state index in [-0.39, 0.29) is 11.9 Å². The van der Waals surface area contributed by atoms with Crippen LogP contribution in [0.3, 0.4) is 0 Å². The summed E-state index contributed by atoms with van der Waals surface area (Å²) < 4.78 is 19.9. The van der Waals surface area contributed by atoms with Gasteiger partial charge < -0.3 is 10.2 Å². The van der Waals surface area contributed by atoms with Crippen molar-refractivity contribution in [2.75, 3.05) is 0 Å². The van der Waals surface area contributed by atoms with E-state index in [1.807, 2.05) is 30.3 Å². The van der Waals surface area contributed by atoms with Gasteiger partial charge in [-0.3, -0.25) is 0 Å². The van der Waals surface area contributed by atoms with Crippen LogP contribution in [0.1, 0.15) is 17.4 Å². The van der Waals surface area contributed by atoms with Crippen LogP contribution in [0.2, 0.25) is 0 Å². The zero-order valence-electron chi connectivity index (χ0n) is 10.6. The number of hydrogen-bond donors (Lipinski definition) is 1. The van der Waals surface area contributed by atoms with Crippen LogP contribution in [0.25, 0.3) is 11.0 Å². The van der Waals surface area contributed by atoms with E-state index in [2.05, 4.69) is 15.9 Å². The van der Waals surface area contributed by atoms with E-state index in [1.54, 1.807) is 6.07 Å². The quantitative estimate of drug-likeness (QED) is 0.762. The first-order chi connectivity index (χ1) is 9.61. The van der Waals surface area contributed by atoms with Crippen molar-refractivity contribution in [3.63, 3.8) is 0 Å². The van der Waals surface area contributed by atoms with Gasteiger partial charge in [0.2, 0.25) is 0 Å². The Balaban J connectivity index is 1.84. The first-order valence-corrected chi connectivity index (χ1v) is 7.10. The van der Waals surface area contributed by atoms with Gasteiger partial charge >= 0.3 is 0 Å². The smallest absolute Gasteiger partial charge is 0.134 e. The number of rotatable bonds is 3. The first-order valence-electron chi connectivity index (χ1n) is 6.31. The molecule has 0 spiro atoms. The van der Waals surface area contributed by atoms with Crippen LogP contribution in [0.15, 0.2) is 57.4 Å². The molecule has 0 amide bonds. The van der Waals surface area contributed by atoms with Crippen LogP contribution in [0.4, 0.5) is 4.39 Å². The molecular weight excluding hydrogens is 321 g/mol. The fourth-order valence-corrected chi connectivity index (χ4v) is 2.46. The standard InChI is InChI=1S/C16H13BrFNO/c17-12-3-1-10(2-4-12)7-14(19)16-9-11-8-13(18)5-6-15(11)20-16/h1-6,8-9,14H,7,19H2. The molecule has 0 aliphatic heterocycles. The summed E-state index contributed by atoms with van der Waals surface area (Å²) in [6, 6.07) is 14.0. The van der Waals surface area contributed by atoms with Gasteiger partial charge in [-0.1, -0.05) is 28.1 Å². The average molecular weight is 334 g/mol. The molecule has 1 atom stereocenters. The van der Waals surface area contributed by atoms with Gasteiger partial charge in [-0.05, 0) is 48.4 Å². The molecule has 2 N–H and O–H groups in total. The fraction of sp³-hybridized carbons (Fsp3) is 0.125. The Morgan fingerprint density at radius 3 is 2.60 bits per heavy atom. The van der Waals surface area contributed by atoms with E-state index < -0.39 is 0 Å². The van der Waals surface area contributed by atoms with Gasteiger partial charge in [0.15, 0.2) is 0 Å². The normalized spacial score (nSPS) is 12.8. The molecule has 0 radical (unpaired) electrons. The molecule has 0 aliphatic rings. The molecule has 3 aromatic rings. The second-order valence-corrected chi connectivity index (χ2v) is 5.68. The van der Waals surface area contributed by atoms with Crippen LogP contribution in [-0.4, -0.2) is 0 Å². The number of benzene rings is 2. The molecule has 2 nitrogen and oxygen atoms in total. The molecule has 4 heteroatoms. The SMILES string of the molecule is NC(Cc1ccc(Br)cc1)c1cc2cc(F)ccc2o1. The topological polar surface area (TPSA) is 39.2 Å². The first kappa shape index (κ1) is 13.3. The highest BCUT2D eigenvalue weighted by Gasteiger charge is 2.13. The maximum atomic E-state index is 13.2. The van der Waals surface area contributed by atoms with E-state index in [1.165, 1.54) is 12.1 Å². The summed E-state index contributed by atoms with van der Waals surface area (Å²) in [4.78, 5) is 0. The molecule has 20 heavy (non-hydrogen) atoms. The molecule has 0 saturated heterocycles. The summed E-state index contributed by atoms with van der Waals surface area (Å²) in [6.07, 6.45) is 0.676. The van der Waals surface area contributed by atoms with E-state index >= 15 is 0 Å². The van der Waals surface area contributed by atoms with Crippen molar-refractivity contribution in [3.05, 3.63) is 70.1 Å². The van der Waals surface area contributed by atoms with Gasteiger partial charge in [0.25, 0.3) is 0 Å². The maximum Gasteiger partial charge on any atom is 0.134 e. The predicted molar refractivity (Wildman–Crippen MR) is 80.9 cm³/mol. The highest BCUT2D eigenvalue weighted by Crippen LogP contribution is 2.25. The van der Waals surface area contributed by atoms with Crippen LogP contribution >= 0.6 is 15.9 Å². The zero-order valence-corrected chi connectivity index (χ0v) is 12.2. The molecule has 2 aromatic carbocycles. The van der Waals surface area contributed by atoms with Crippen LogP contribution in [0, 0.1) is 5.82 Å². The van der Waals surface area contributed by atoms with Crippen molar-refractivity contribution < 1.29 is 8.81 Å². The summed E-state index contributed by atoms with van der Waals surface area (Å²) in [5.41, 5.74) is 7.96. The molecule has 0 fully saturated rings. The number of hydrogen-bond acceptors (Lipinski definition) is 2. The van der Waals surface area contributed by atoms with Gasteiger partial charge in [-0.25, -0.2) is 4.39 Å². The van der Waals surface area contributed by atoms with Gasteiger partial charge in [-0.15, -0.1) is 0 Å². The number of fused-ring (bicyclic) bond motifs is 1. The predicted octanol–water partition coefficient (Wildman–Crippen LogP) is 4.58. The maximum absolute atomic E-state index is 13.2. The average Bonchev–Trinajstić information content (AvgIpc) is 2.84. The van der Waals surface area contributed by atoms with Crippen molar-refractivity contribution in [1.29, 1.82) is 0 Å². The summed E-state index contributed by atoms with van der Waals surface area (Å²) in [5, 5.41) is 0.742. The lowest BCUT2D eigenvalue weighted by molar-refractivity contribution is 0.493. The highest BCUT2D eigenvalue weighted by atomic mass is 79.9. The lowest BCUT2D eigenvalue weighted by atomic mass is 10.0. The van der Waals surface area contributed by atoms with E-state index in [9.17, 15) is 4.39 Å². The minimum absolute atomic E-state index is 0.244. The molecular formula is C16H13BrFNO. The molecule has 102 valence electrons. The van der Waals surface area contributed by atoms with Crippen molar-refractivity contribution in [2.24, 2.45) is 5.73 Å². The summed E-state index contributed by atoms with van der Waals surface area (Å²) in [7, 11) is 0. The van der Waals surface area contributed by atoms with Gasteiger partial charge in [-0.2, -0.15) is 0 Å². The Morgan fingerprint density at radius 1 is 1.10 bits per heavy atom. The lowest BCUT2D eigenvalue weighted by Crippen LogP contribution is -2.12. The Bertz CT molecular complexity index is 736. The van der Waals surface area contributed by atoms with Crippen molar-refractivity contribution in [3.8, 4) is 0 Å². The Morgan fingerprint density at radius 2 is 1.85 bits per heavy atom. The van der Waals surface area contributed by atoms with Crippen LogP contribution in [-0.2, 0) is 6.42 Å². The third kappa shape index (κ3) is 2.76. The van der Waals surface area contributed by atoms with Gasteiger partial charge in [0.05, 0.1) is 6.04 Å². The second-order valence-electron chi connectivity index (χ2n) is 4.77.